The first-order chi connectivity index (χ1) is 15.3. The van der Waals surface area contributed by atoms with Gasteiger partial charge in [0.15, 0.2) is 0 Å². The summed E-state index contributed by atoms with van der Waals surface area (Å²) in [5.74, 6) is -1.44. The van der Waals surface area contributed by atoms with E-state index >= 15 is 0 Å². The number of carbonyl (C=O) groups excluding carboxylic acids is 2. The zero-order valence-electron chi connectivity index (χ0n) is 17.5. The SMILES string of the molecule is Cc1cc(Br)cc2c1O[C@H](C(F)(F)F)C(C(=O)OC(C)OC(=O)OCCC(C)O[N+](=O)[O-])=C2. The van der Waals surface area contributed by atoms with Crippen LogP contribution in [-0.2, 0) is 23.8 Å². The Balaban J connectivity index is 2.03. The molecule has 1 aromatic rings. The van der Waals surface area contributed by atoms with Crippen LogP contribution >= 0.6 is 15.9 Å². The molecule has 1 aliphatic heterocycles. The van der Waals surface area contributed by atoms with Crippen LogP contribution in [0.3, 0.4) is 0 Å². The van der Waals surface area contributed by atoms with Gasteiger partial charge in [0.25, 0.3) is 5.09 Å². The third kappa shape index (κ3) is 7.51. The molecule has 0 spiro atoms. The van der Waals surface area contributed by atoms with Gasteiger partial charge in [-0.25, -0.2) is 9.59 Å². The van der Waals surface area contributed by atoms with Gasteiger partial charge in [-0.15, -0.1) is 10.1 Å². The normalized spacial score (nSPS) is 16.9. The van der Waals surface area contributed by atoms with Crippen LogP contribution in [0.5, 0.6) is 5.75 Å². The Bertz CT molecular complexity index is 951. The second-order valence-electron chi connectivity index (χ2n) is 6.90. The molecule has 1 aliphatic rings. The number of fused-ring (bicyclic) bond motifs is 1. The van der Waals surface area contributed by atoms with Crippen molar-refractivity contribution < 1.29 is 51.6 Å². The van der Waals surface area contributed by atoms with Crippen LogP contribution in [0.4, 0.5) is 18.0 Å². The van der Waals surface area contributed by atoms with E-state index < -0.39 is 47.5 Å². The van der Waals surface area contributed by atoms with Gasteiger partial charge >= 0.3 is 18.3 Å². The summed E-state index contributed by atoms with van der Waals surface area (Å²) in [4.78, 5) is 38.5. The summed E-state index contributed by atoms with van der Waals surface area (Å²) in [6.07, 6.45) is -10.3. The second kappa shape index (κ2) is 10.7. The predicted molar refractivity (Wildman–Crippen MR) is 107 cm³/mol. The van der Waals surface area contributed by atoms with E-state index in [1.165, 1.54) is 13.0 Å². The first-order valence-electron chi connectivity index (χ1n) is 9.38. The molecule has 10 nitrogen and oxygen atoms in total. The van der Waals surface area contributed by atoms with Gasteiger partial charge < -0.3 is 23.8 Å². The first-order valence-corrected chi connectivity index (χ1v) is 10.2. The Labute approximate surface area is 193 Å². The highest BCUT2D eigenvalue weighted by molar-refractivity contribution is 9.10. The molecule has 0 amide bonds. The van der Waals surface area contributed by atoms with Crippen LogP contribution in [0.15, 0.2) is 22.2 Å². The number of nitrogens with zero attached hydrogens (tertiary/aromatic N) is 1. The average molecular weight is 542 g/mol. The number of esters is 1. The molecular formula is C19H19BrF3NO9. The quantitative estimate of drug-likeness (QED) is 0.202. The lowest BCUT2D eigenvalue weighted by Gasteiger charge is -2.29. The molecule has 0 aromatic heterocycles. The second-order valence-corrected chi connectivity index (χ2v) is 7.81. The first kappa shape index (κ1) is 26.2. The fourth-order valence-electron chi connectivity index (χ4n) is 2.78. The number of benzene rings is 1. The van der Waals surface area contributed by atoms with Crippen molar-refractivity contribution in [2.24, 2.45) is 0 Å². The van der Waals surface area contributed by atoms with Gasteiger partial charge in [0.2, 0.25) is 12.4 Å². The fourth-order valence-corrected chi connectivity index (χ4v) is 3.37. The van der Waals surface area contributed by atoms with E-state index in [0.29, 0.717) is 10.0 Å². The Morgan fingerprint density at radius 3 is 2.55 bits per heavy atom. The van der Waals surface area contributed by atoms with Gasteiger partial charge in [-0.3, -0.25) is 0 Å². The largest absolute Gasteiger partial charge is 0.511 e. The molecular weight excluding hydrogens is 523 g/mol. The molecule has 2 unspecified atom stereocenters. The number of aryl methyl sites for hydroxylation is 1. The highest BCUT2D eigenvalue weighted by atomic mass is 79.9. The number of hydrogen-bond donors (Lipinski definition) is 0. The van der Waals surface area contributed by atoms with E-state index in [1.54, 1.807) is 13.0 Å². The van der Waals surface area contributed by atoms with Crippen molar-refractivity contribution in [3.63, 3.8) is 0 Å². The number of carbonyl (C=O) groups is 2. The molecule has 14 heteroatoms. The Kier molecular flexibility index (Phi) is 8.52. The van der Waals surface area contributed by atoms with Crippen molar-refractivity contribution >= 4 is 34.1 Å². The number of ether oxygens (including phenoxy) is 4. The van der Waals surface area contributed by atoms with Gasteiger partial charge in [0.1, 0.15) is 11.9 Å². The lowest BCUT2D eigenvalue weighted by molar-refractivity contribution is -0.767. The maximum absolute atomic E-state index is 13.5. The number of alkyl halides is 3. The van der Waals surface area contributed by atoms with Crippen LogP contribution in [0.25, 0.3) is 6.08 Å². The van der Waals surface area contributed by atoms with Crippen LogP contribution in [0, 0.1) is 17.0 Å². The van der Waals surface area contributed by atoms with Crippen LogP contribution in [0.2, 0.25) is 0 Å². The van der Waals surface area contributed by atoms with Gasteiger partial charge in [-0.2, -0.15) is 13.2 Å². The summed E-state index contributed by atoms with van der Waals surface area (Å²) in [5, 5.41) is 9.19. The Hall–Kier alpha value is -3.03. The van der Waals surface area contributed by atoms with Crippen molar-refractivity contribution in [1.29, 1.82) is 0 Å². The van der Waals surface area contributed by atoms with Crippen molar-refractivity contribution in [2.45, 2.75) is 51.9 Å². The third-order valence-electron chi connectivity index (χ3n) is 4.18. The average Bonchev–Trinajstić information content (AvgIpc) is 2.65. The standard InChI is InChI=1S/C19H19BrF3NO9/c1-9-6-13(20)7-12-8-14(16(19(21,22)23)32-15(9)12)17(25)30-11(3)31-18(26)29-5-4-10(2)33-24(27)28/h6-8,10-11,16H,4-5H2,1-3H3/t10?,11?,16-/m0/s1. The predicted octanol–water partition coefficient (Wildman–Crippen LogP) is 4.49. The van der Waals surface area contributed by atoms with Crippen molar-refractivity contribution in [3.05, 3.63) is 43.4 Å². The molecule has 3 atom stereocenters. The van der Waals surface area contributed by atoms with Crippen molar-refractivity contribution in [3.8, 4) is 5.75 Å². The molecule has 0 saturated carbocycles. The van der Waals surface area contributed by atoms with E-state index in [9.17, 15) is 32.9 Å². The molecule has 1 aromatic carbocycles. The summed E-state index contributed by atoms with van der Waals surface area (Å²) < 4.78 is 60.4. The lowest BCUT2D eigenvalue weighted by Crippen LogP contribution is -2.41. The van der Waals surface area contributed by atoms with Gasteiger partial charge in [-0.1, -0.05) is 15.9 Å². The van der Waals surface area contributed by atoms with Crippen LogP contribution < -0.4 is 4.74 Å². The monoisotopic (exact) mass is 541 g/mol. The van der Waals surface area contributed by atoms with Crippen LogP contribution in [-0.4, -0.2) is 48.5 Å². The highest BCUT2D eigenvalue weighted by Crippen LogP contribution is 2.40. The lowest BCUT2D eigenvalue weighted by atomic mass is 9.99. The molecule has 0 radical (unpaired) electrons. The zero-order valence-corrected chi connectivity index (χ0v) is 19.1. The highest BCUT2D eigenvalue weighted by Gasteiger charge is 2.49. The molecule has 0 N–H and O–H groups in total. The molecule has 0 saturated heterocycles. The van der Waals surface area contributed by atoms with Crippen LogP contribution in [0.1, 0.15) is 31.4 Å². The molecule has 0 aliphatic carbocycles. The minimum absolute atomic E-state index is 0.0276. The summed E-state index contributed by atoms with van der Waals surface area (Å²) in [6.45, 7) is 3.71. The van der Waals surface area contributed by atoms with E-state index in [-0.39, 0.29) is 24.3 Å². The zero-order chi connectivity index (χ0) is 24.9. The summed E-state index contributed by atoms with van der Waals surface area (Å²) in [5.41, 5.74) is -0.176. The molecule has 0 fully saturated rings. The van der Waals surface area contributed by atoms with Gasteiger partial charge in [0.05, 0.1) is 12.2 Å². The number of rotatable bonds is 8. The minimum Gasteiger partial charge on any atom is -0.475 e. The summed E-state index contributed by atoms with van der Waals surface area (Å²) >= 11 is 3.23. The number of halogens is 4. The van der Waals surface area contributed by atoms with E-state index in [2.05, 4.69) is 30.2 Å². The van der Waals surface area contributed by atoms with Crippen molar-refractivity contribution in [2.75, 3.05) is 6.61 Å². The molecule has 182 valence electrons. The van der Waals surface area contributed by atoms with E-state index in [4.69, 9.17) is 9.47 Å². The Morgan fingerprint density at radius 1 is 1.27 bits per heavy atom. The minimum atomic E-state index is -4.92. The van der Waals surface area contributed by atoms with E-state index in [1.807, 2.05) is 0 Å². The third-order valence-corrected chi connectivity index (χ3v) is 4.63. The molecule has 1 heterocycles. The summed E-state index contributed by atoms with van der Waals surface area (Å²) in [6, 6.07) is 3.04. The smallest absolute Gasteiger partial charge is 0.475 e. The molecule has 33 heavy (non-hydrogen) atoms. The maximum atomic E-state index is 13.5. The molecule has 2 rings (SSSR count). The van der Waals surface area contributed by atoms with Gasteiger partial charge in [-0.05, 0) is 37.6 Å². The number of hydrogen-bond acceptors (Lipinski definition) is 9. The van der Waals surface area contributed by atoms with Gasteiger partial charge in [0, 0.05) is 23.4 Å². The van der Waals surface area contributed by atoms with Crippen molar-refractivity contribution in [1.82, 2.24) is 0 Å². The Morgan fingerprint density at radius 2 is 1.94 bits per heavy atom. The maximum Gasteiger partial charge on any atom is 0.511 e. The molecule has 0 bridgehead atoms. The fraction of sp³-hybridized carbons (Fsp3) is 0.474. The topological polar surface area (TPSA) is 123 Å². The summed E-state index contributed by atoms with van der Waals surface area (Å²) in [7, 11) is 0. The van der Waals surface area contributed by atoms with E-state index in [0.717, 1.165) is 13.0 Å².